The molecule has 0 aliphatic carbocycles. The van der Waals surface area contributed by atoms with Crippen LogP contribution in [0.1, 0.15) is 0 Å². The van der Waals surface area contributed by atoms with Crippen molar-refractivity contribution in [3.63, 3.8) is 0 Å². The Morgan fingerprint density at radius 1 is 0.463 bits per heavy atom. The molecule has 11 heteroatoms. The molecule has 6 aromatic rings. The Labute approximate surface area is 266 Å². The first kappa shape index (κ1) is 33.0. The van der Waals surface area contributed by atoms with E-state index < -0.39 is 0 Å². The zero-order valence-electron chi connectivity index (χ0n) is 21.6. The largest absolute Gasteiger partial charge is 1.00 e. The summed E-state index contributed by atoms with van der Waals surface area (Å²) in [4.78, 5) is 31.3. The Morgan fingerprint density at radius 2 is 0.780 bits per heavy atom. The van der Waals surface area contributed by atoms with Gasteiger partial charge in [-0.2, -0.15) is 0 Å². The predicted octanol–water partition coefficient (Wildman–Crippen LogP) is 5.20. The summed E-state index contributed by atoms with van der Waals surface area (Å²) in [5.74, 6) is -0.476. The minimum atomic E-state index is -0.325. The molecule has 0 saturated carbocycles. The van der Waals surface area contributed by atoms with Crippen LogP contribution in [0, 0.1) is 14.7 Å². The van der Waals surface area contributed by atoms with Gasteiger partial charge in [-0.1, -0.05) is 103 Å². The summed E-state index contributed by atoms with van der Waals surface area (Å²) in [6, 6.07) is 31.2. The number of hydrogen-bond donors (Lipinski definition) is 2. The summed E-state index contributed by atoms with van der Waals surface area (Å²) in [6.07, 6.45) is 0. The maximum atomic E-state index is 11.2. The minimum absolute atomic E-state index is 0. The molecule has 0 spiro atoms. The average Bonchev–Trinajstić information content (AvgIpc) is 2.98. The first-order valence-corrected chi connectivity index (χ1v) is 11.6. The van der Waals surface area contributed by atoms with Crippen LogP contribution in [-0.4, -0.2) is 10.2 Å². The van der Waals surface area contributed by atoms with E-state index in [0.29, 0.717) is 16.2 Å². The number of hydrogen-bond acceptors (Lipinski definition) is 9. The van der Waals surface area contributed by atoms with E-state index in [2.05, 4.69) is 15.5 Å². The van der Waals surface area contributed by atoms with E-state index in [1.165, 1.54) is 18.2 Å². The molecule has 6 aromatic carbocycles. The van der Waals surface area contributed by atoms with Crippen molar-refractivity contribution in [1.82, 2.24) is 0 Å². The number of fused-ring (bicyclic) bond motifs is 3. The number of rotatable bonds is 3. The summed E-state index contributed by atoms with van der Waals surface area (Å²) < 4.78 is 0. The second-order valence-corrected chi connectivity index (χ2v) is 8.22. The molecule has 0 atom stereocenters. The molecule has 0 fully saturated rings. The molecule has 0 heterocycles. The summed E-state index contributed by atoms with van der Waals surface area (Å²) >= 11 is 0. The van der Waals surface area contributed by atoms with Crippen molar-refractivity contribution in [2.45, 2.75) is 0 Å². The Kier molecular flexibility index (Phi) is 12.5. The van der Waals surface area contributed by atoms with E-state index in [9.17, 15) is 30.0 Å². The maximum absolute atomic E-state index is 11.2. The molecule has 0 unspecified atom stereocenters. The number of phenolic OH excluding ortho intramolecular Hbond substituents is 2. The van der Waals surface area contributed by atoms with E-state index >= 15 is 0 Å². The topological polar surface area (TPSA) is 152 Å². The summed E-state index contributed by atoms with van der Waals surface area (Å²) in [5, 5.41) is 42.8. The zero-order chi connectivity index (χ0) is 27.8. The standard InChI is InChI=1S/3C10H7NO2.Fe.Na/c3*12-9-6-5-7-3-1-2-4-8(7)10(9)11-13;;/h3*1-6,12H;;/q;;;;+1/p-1. The van der Waals surface area contributed by atoms with Crippen LogP contribution in [0.15, 0.2) is 125 Å². The Hall–Kier alpha value is -4.18. The second-order valence-electron chi connectivity index (χ2n) is 8.22. The second kappa shape index (κ2) is 15.6. The van der Waals surface area contributed by atoms with Gasteiger partial charge in [-0.3, -0.25) is 0 Å². The molecule has 0 bridgehead atoms. The van der Waals surface area contributed by atoms with Crippen molar-refractivity contribution in [3.8, 4) is 17.2 Å². The third-order valence-corrected chi connectivity index (χ3v) is 5.90. The number of benzene rings is 6. The zero-order valence-corrected chi connectivity index (χ0v) is 24.7. The van der Waals surface area contributed by atoms with Crippen molar-refractivity contribution in [2.75, 3.05) is 0 Å². The van der Waals surface area contributed by atoms with Gasteiger partial charge in [-0.05, 0) is 43.8 Å². The molecule has 200 valence electrons. The van der Waals surface area contributed by atoms with Crippen molar-refractivity contribution < 1.29 is 61.9 Å². The van der Waals surface area contributed by atoms with Crippen LogP contribution in [0.2, 0.25) is 0 Å². The Morgan fingerprint density at radius 3 is 1.15 bits per heavy atom. The van der Waals surface area contributed by atoms with Crippen molar-refractivity contribution in [2.24, 2.45) is 15.5 Å². The predicted molar refractivity (Wildman–Crippen MR) is 151 cm³/mol. The smallest absolute Gasteiger partial charge is 0.871 e. The van der Waals surface area contributed by atoms with Gasteiger partial charge in [0, 0.05) is 33.2 Å². The first-order chi connectivity index (χ1) is 19.0. The summed E-state index contributed by atoms with van der Waals surface area (Å²) in [5.41, 5.74) is 0.217. The number of aromatic hydroxyl groups is 2. The molecule has 0 aliphatic heterocycles. The molecular formula is C30H20FeN3NaO6. The Bertz CT molecular complexity index is 1620. The SMILES string of the molecule is O=Nc1c(O)ccc2ccccc12.O=Nc1c(O)ccc2ccccc12.O=Nc1c([O-])ccc2ccccc12.[Fe].[Na+]. The maximum Gasteiger partial charge on any atom is 1.00 e. The average molecular weight is 597 g/mol. The quantitative estimate of drug-likeness (QED) is 0.211. The molecule has 0 saturated heterocycles. The van der Waals surface area contributed by atoms with Gasteiger partial charge in [-0.25, -0.2) is 0 Å². The van der Waals surface area contributed by atoms with Crippen LogP contribution in [0.3, 0.4) is 0 Å². The van der Waals surface area contributed by atoms with E-state index in [1.54, 1.807) is 54.6 Å². The van der Waals surface area contributed by atoms with Gasteiger partial charge in [0.15, 0.2) is 11.4 Å². The van der Waals surface area contributed by atoms with Crippen LogP contribution >= 0.6 is 0 Å². The van der Waals surface area contributed by atoms with Crippen LogP contribution in [-0.2, 0) is 17.1 Å². The van der Waals surface area contributed by atoms with Crippen LogP contribution < -0.4 is 34.7 Å². The fourth-order valence-corrected chi connectivity index (χ4v) is 4.01. The van der Waals surface area contributed by atoms with Crippen molar-refractivity contribution in [1.29, 1.82) is 0 Å². The monoisotopic (exact) mass is 597 g/mol. The number of phenols is 2. The van der Waals surface area contributed by atoms with Gasteiger partial charge in [-0.15, -0.1) is 14.7 Å². The van der Waals surface area contributed by atoms with Gasteiger partial charge in [0.05, 0.1) is 0 Å². The van der Waals surface area contributed by atoms with E-state index in [0.717, 1.165) is 16.2 Å². The molecule has 2 N–H and O–H groups in total. The summed E-state index contributed by atoms with van der Waals surface area (Å²) in [7, 11) is 0. The molecule has 41 heavy (non-hydrogen) atoms. The number of nitrogens with zero attached hydrogens (tertiary/aromatic N) is 3. The van der Waals surface area contributed by atoms with Gasteiger partial charge in [0.2, 0.25) is 0 Å². The normalized spacial score (nSPS) is 9.66. The minimum Gasteiger partial charge on any atom is -0.871 e. The third kappa shape index (κ3) is 7.52. The molecule has 6 rings (SSSR count). The Balaban J connectivity index is 0.000000210. The van der Waals surface area contributed by atoms with Crippen LogP contribution in [0.5, 0.6) is 17.2 Å². The van der Waals surface area contributed by atoms with Gasteiger partial charge in [0.25, 0.3) is 0 Å². The van der Waals surface area contributed by atoms with Gasteiger partial charge < -0.3 is 15.3 Å². The first-order valence-electron chi connectivity index (χ1n) is 11.6. The fraction of sp³-hybridized carbons (Fsp3) is 0. The molecule has 0 aliphatic rings. The number of nitroso groups, excluding NO2 is 3. The van der Waals surface area contributed by atoms with Crippen LogP contribution in [0.25, 0.3) is 32.3 Å². The van der Waals surface area contributed by atoms with E-state index in [4.69, 9.17) is 0 Å². The molecule has 0 aromatic heterocycles. The fourth-order valence-electron chi connectivity index (χ4n) is 4.01. The van der Waals surface area contributed by atoms with Crippen molar-refractivity contribution in [3.05, 3.63) is 124 Å². The third-order valence-electron chi connectivity index (χ3n) is 5.90. The van der Waals surface area contributed by atoms with E-state index in [1.807, 2.05) is 36.4 Å². The van der Waals surface area contributed by atoms with Gasteiger partial charge >= 0.3 is 29.6 Å². The molecule has 0 amide bonds. The summed E-state index contributed by atoms with van der Waals surface area (Å²) in [6.45, 7) is 0. The van der Waals surface area contributed by atoms with Gasteiger partial charge in [0.1, 0.15) is 17.2 Å². The van der Waals surface area contributed by atoms with Crippen LogP contribution in [0.4, 0.5) is 17.1 Å². The molecule has 9 nitrogen and oxygen atoms in total. The van der Waals surface area contributed by atoms with Crippen molar-refractivity contribution >= 4 is 49.4 Å². The molecule has 0 radical (unpaired) electrons. The van der Waals surface area contributed by atoms with E-state index in [-0.39, 0.29) is 80.9 Å². The molecular weight excluding hydrogens is 577 g/mol.